The van der Waals surface area contributed by atoms with Crippen LogP contribution in [-0.4, -0.2) is 61.3 Å². The minimum atomic E-state index is -3.82. The number of benzene rings is 2. The molecular weight excluding hydrogens is 436 g/mol. The molecule has 0 atom stereocenters. The lowest BCUT2D eigenvalue weighted by Crippen LogP contribution is -2.28. The molecule has 32 heavy (non-hydrogen) atoms. The van der Waals surface area contributed by atoms with Gasteiger partial charge in [0.05, 0.1) is 28.4 Å². The van der Waals surface area contributed by atoms with Crippen molar-refractivity contribution < 1.29 is 32.2 Å². The highest BCUT2D eigenvalue weighted by Crippen LogP contribution is 2.38. The van der Waals surface area contributed by atoms with Gasteiger partial charge in [-0.05, 0) is 42.3 Å². The molecule has 176 valence electrons. The van der Waals surface area contributed by atoms with Gasteiger partial charge in [0.1, 0.15) is 10.6 Å². The van der Waals surface area contributed by atoms with Crippen LogP contribution in [0.4, 0.5) is 0 Å². The van der Waals surface area contributed by atoms with Crippen LogP contribution in [0.3, 0.4) is 0 Å². The zero-order valence-corrected chi connectivity index (χ0v) is 20.0. The molecule has 1 N–H and O–H groups in total. The van der Waals surface area contributed by atoms with E-state index in [9.17, 15) is 13.2 Å². The topological polar surface area (TPSA) is 103 Å². The fourth-order valence-electron chi connectivity index (χ4n) is 3.13. The Balaban J connectivity index is 2.35. The Morgan fingerprint density at radius 3 is 2.03 bits per heavy atom. The largest absolute Gasteiger partial charge is 0.495 e. The highest BCUT2D eigenvalue weighted by atomic mass is 32.2. The third kappa shape index (κ3) is 5.63. The number of nitrogens with zero attached hydrogens (tertiary/aromatic N) is 1. The first-order chi connectivity index (χ1) is 15.2. The number of methoxy groups -OCH3 is 4. The molecular formula is C22H30N2O7S. The average Bonchev–Trinajstić information content (AvgIpc) is 2.80. The van der Waals surface area contributed by atoms with E-state index in [-0.39, 0.29) is 35.2 Å². The lowest BCUT2D eigenvalue weighted by Gasteiger charge is -2.20. The Bertz CT molecular complexity index is 1030. The second-order valence-corrected chi connectivity index (χ2v) is 8.69. The predicted molar refractivity (Wildman–Crippen MR) is 120 cm³/mol. The zero-order chi connectivity index (χ0) is 23.9. The third-order valence-corrected chi connectivity index (χ3v) is 6.22. The lowest BCUT2D eigenvalue weighted by molar-refractivity contribution is 0.0784. The molecule has 9 nitrogen and oxygen atoms in total. The molecule has 0 saturated heterocycles. The number of amides is 1. The van der Waals surface area contributed by atoms with E-state index in [2.05, 4.69) is 4.72 Å². The van der Waals surface area contributed by atoms with Crippen LogP contribution >= 0.6 is 0 Å². The second-order valence-electron chi connectivity index (χ2n) is 6.96. The van der Waals surface area contributed by atoms with Gasteiger partial charge in [-0.25, -0.2) is 13.1 Å². The number of hydrogen-bond acceptors (Lipinski definition) is 7. The van der Waals surface area contributed by atoms with Crippen molar-refractivity contribution in [1.29, 1.82) is 0 Å². The molecule has 10 heteroatoms. The Hall–Kier alpha value is -2.98. The average molecular weight is 467 g/mol. The molecule has 0 radical (unpaired) electrons. The highest BCUT2D eigenvalue weighted by Gasteiger charge is 2.23. The van der Waals surface area contributed by atoms with Crippen LogP contribution in [0.25, 0.3) is 0 Å². The summed E-state index contributed by atoms with van der Waals surface area (Å²) in [5.41, 5.74) is 0.971. The monoisotopic (exact) mass is 466 g/mol. The molecule has 0 fully saturated rings. The van der Waals surface area contributed by atoms with Crippen LogP contribution in [0.2, 0.25) is 0 Å². The molecule has 0 bridgehead atoms. The SMILES string of the molecule is CCCNS(=O)(=O)c1cc(C(=O)N(C)Cc2cc(OC)c(OC)c(OC)c2)ccc1OC. The fourth-order valence-corrected chi connectivity index (χ4v) is 4.45. The summed E-state index contributed by atoms with van der Waals surface area (Å²) in [5.74, 6) is 1.22. The van der Waals surface area contributed by atoms with Gasteiger partial charge >= 0.3 is 0 Å². The highest BCUT2D eigenvalue weighted by molar-refractivity contribution is 7.89. The summed E-state index contributed by atoms with van der Waals surface area (Å²) in [5, 5.41) is 0. The fraction of sp³-hybridized carbons (Fsp3) is 0.409. The summed E-state index contributed by atoms with van der Waals surface area (Å²) in [4.78, 5) is 14.4. The van der Waals surface area contributed by atoms with Gasteiger partial charge in [-0.2, -0.15) is 0 Å². The van der Waals surface area contributed by atoms with Gasteiger partial charge < -0.3 is 23.8 Å². The van der Waals surface area contributed by atoms with Gasteiger partial charge in [-0.1, -0.05) is 6.92 Å². The predicted octanol–water partition coefficient (Wildman–Crippen LogP) is 2.68. The number of ether oxygens (including phenoxy) is 4. The summed E-state index contributed by atoms with van der Waals surface area (Å²) in [6, 6.07) is 7.84. The Labute approximate surface area is 189 Å². The van der Waals surface area contributed by atoms with Gasteiger partial charge in [0, 0.05) is 25.7 Å². The van der Waals surface area contributed by atoms with Crippen LogP contribution in [0.15, 0.2) is 35.2 Å². The van der Waals surface area contributed by atoms with Gasteiger partial charge in [-0.3, -0.25) is 4.79 Å². The number of carbonyl (C=O) groups is 1. The number of carbonyl (C=O) groups excluding carboxylic acids is 1. The first-order valence-corrected chi connectivity index (χ1v) is 11.4. The van der Waals surface area contributed by atoms with E-state index in [0.717, 1.165) is 5.56 Å². The van der Waals surface area contributed by atoms with Crippen LogP contribution in [0.5, 0.6) is 23.0 Å². The van der Waals surface area contributed by atoms with E-state index in [0.29, 0.717) is 23.7 Å². The van der Waals surface area contributed by atoms with E-state index in [1.54, 1.807) is 19.2 Å². The summed E-state index contributed by atoms with van der Waals surface area (Å²) >= 11 is 0. The normalized spacial score (nSPS) is 11.1. The Morgan fingerprint density at radius 1 is 0.938 bits per heavy atom. The molecule has 0 heterocycles. The van der Waals surface area contributed by atoms with E-state index < -0.39 is 10.0 Å². The minimum Gasteiger partial charge on any atom is -0.495 e. The molecule has 0 aliphatic heterocycles. The van der Waals surface area contributed by atoms with E-state index in [1.807, 2.05) is 6.92 Å². The van der Waals surface area contributed by atoms with Crippen LogP contribution in [0, 0.1) is 0 Å². The maximum absolute atomic E-state index is 13.1. The smallest absolute Gasteiger partial charge is 0.253 e. The standard InChI is InChI=1S/C22H30N2O7S/c1-7-10-23-32(26,27)20-13-16(8-9-17(20)28-3)22(25)24(2)14-15-11-18(29-4)21(31-6)19(12-15)30-5/h8-9,11-13,23H,7,10,14H2,1-6H3. The molecule has 0 aliphatic carbocycles. The van der Waals surface area contributed by atoms with Gasteiger partial charge in [0.15, 0.2) is 11.5 Å². The summed E-state index contributed by atoms with van der Waals surface area (Å²) in [6.07, 6.45) is 0.637. The first-order valence-electron chi connectivity index (χ1n) is 9.94. The van der Waals surface area contributed by atoms with Crippen molar-refractivity contribution in [1.82, 2.24) is 9.62 Å². The second kappa shape index (κ2) is 11.1. The van der Waals surface area contributed by atoms with Gasteiger partial charge in [0.2, 0.25) is 15.8 Å². The van der Waals surface area contributed by atoms with E-state index in [4.69, 9.17) is 18.9 Å². The first kappa shape index (κ1) is 25.3. The Kier molecular flexibility index (Phi) is 8.73. The molecule has 0 aromatic heterocycles. The van der Waals surface area contributed by atoms with Crippen molar-refractivity contribution in [3.63, 3.8) is 0 Å². The molecule has 0 spiro atoms. The minimum absolute atomic E-state index is 0.0829. The molecule has 0 saturated carbocycles. The number of rotatable bonds is 11. The lowest BCUT2D eigenvalue weighted by atomic mass is 10.1. The quantitative estimate of drug-likeness (QED) is 0.543. The molecule has 1 amide bonds. The summed E-state index contributed by atoms with van der Waals surface area (Å²) in [6.45, 7) is 2.38. The van der Waals surface area contributed by atoms with Crippen LogP contribution < -0.4 is 23.7 Å². The van der Waals surface area contributed by atoms with E-state index in [1.165, 1.54) is 51.5 Å². The maximum Gasteiger partial charge on any atom is 0.253 e. The van der Waals surface area contributed by atoms with Crippen molar-refractivity contribution in [2.45, 2.75) is 24.8 Å². The number of nitrogens with one attached hydrogen (secondary N) is 1. The van der Waals surface area contributed by atoms with Crippen molar-refractivity contribution in [2.75, 3.05) is 42.0 Å². The van der Waals surface area contributed by atoms with Gasteiger partial charge in [0.25, 0.3) is 5.91 Å². The maximum atomic E-state index is 13.1. The number of hydrogen-bond donors (Lipinski definition) is 1. The third-order valence-electron chi connectivity index (χ3n) is 4.73. The van der Waals surface area contributed by atoms with E-state index >= 15 is 0 Å². The molecule has 0 unspecified atom stereocenters. The molecule has 2 aromatic rings. The molecule has 2 aromatic carbocycles. The van der Waals surface area contributed by atoms with Crippen molar-refractivity contribution in [2.24, 2.45) is 0 Å². The molecule has 2 rings (SSSR count). The summed E-state index contributed by atoms with van der Waals surface area (Å²) < 4.78 is 49.0. The number of sulfonamides is 1. The van der Waals surface area contributed by atoms with Crippen molar-refractivity contribution >= 4 is 15.9 Å². The Morgan fingerprint density at radius 2 is 1.53 bits per heavy atom. The van der Waals surface area contributed by atoms with Crippen LogP contribution in [-0.2, 0) is 16.6 Å². The zero-order valence-electron chi connectivity index (χ0n) is 19.2. The van der Waals surface area contributed by atoms with Gasteiger partial charge in [-0.15, -0.1) is 0 Å². The van der Waals surface area contributed by atoms with Crippen molar-refractivity contribution in [3.05, 3.63) is 41.5 Å². The van der Waals surface area contributed by atoms with Crippen molar-refractivity contribution in [3.8, 4) is 23.0 Å². The molecule has 0 aliphatic rings. The van der Waals surface area contributed by atoms with Crippen LogP contribution in [0.1, 0.15) is 29.3 Å². The summed E-state index contributed by atoms with van der Waals surface area (Å²) in [7, 11) is 3.73.